The molecule has 134 valence electrons. The molecular formula is C16H24ClN3O3S. The first-order valence-electron chi connectivity index (χ1n) is 8.11. The summed E-state index contributed by atoms with van der Waals surface area (Å²) < 4.78 is 27.3. The Morgan fingerprint density at radius 1 is 1.17 bits per heavy atom. The third kappa shape index (κ3) is 3.59. The van der Waals surface area contributed by atoms with Crippen LogP contribution in [0.4, 0.5) is 5.69 Å². The molecule has 0 aliphatic carbocycles. The lowest BCUT2D eigenvalue weighted by molar-refractivity contribution is -0.117. The fraction of sp³-hybridized carbons (Fsp3) is 0.562. The first-order chi connectivity index (χ1) is 11.0. The van der Waals surface area contributed by atoms with Gasteiger partial charge in [-0.15, -0.1) is 12.4 Å². The number of benzene rings is 1. The fourth-order valence-corrected chi connectivity index (χ4v) is 5.11. The SMILES string of the molecule is CNCC1CCCN1S(=O)(=O)c1ccc(N2CCCC2=O)cc1.Cl. The summed E-state index contributed by atoms with van der Waals surface area (Å²) in [5.74, 6) is 0.106. The van der Waals surface area contributed by atoms with Crippen LogP contribution in [0.3, 0.4) is 0 Å². The van der Waals surface area contributed by atoms with Crippen molar-refractivity contribution in [2.45, 2.75) is 36.6 Å². The molecule has 8 heteroatoms. The zero-order valence-electron chi connectivity index (χ0n) is 13.8. The summed E-state index contributed by atoms with van der Waals surface area (Å²) in [5, 5.41) is 3.06. The zero-order chi connectivity index (χ0) is 16.4. The van der Waals surface area contributed by atoms with Crippen LogP contribution >= 0.6 is 12.4 Å². The molecule has 2 fully saturated rings. The van der Waals surface area contributed by atoms with Crippen molar-refractivity contribution in [2.75, 3.05) is 31.6 Å². The van der Waals surface area contributed by atoms with Gasteiger partial charge in [-0.05, 0) is 50.6 Å². The van der Waals surface area contributed by atoms with Crippen LogP contribution in [0.2, 0.25) is 0 Å². The van der Waals surface area contributed by atoms with E-state index in [1.165, 1.54) is 0 Å². The molecule has 1 aromatic rings. The summed E-state index contributed by atoms with van der Waals surface area (Å²) in [6, 6.07) is 6.72. The number of carbonyl (C=O) groups excluding carboxylic acids is 1. The molecule has 0 spiro atoms. The van der Waals surface area contributed by atoms with Gasteiger partial charge >= 0.3 is 0 Å². The third-order valence-electron chi connectivity index (χ3n) is 4.59. The number of amides is 1. The lowest BCUT2D eigenvalue weighted by atomic mass is 10.2. The Bertz CT molecular complexity index is 678. The van der Waals surface area contributed by atoms with Crippen molar-refractivity contribution < 1.29 is 13.2 Å². The number of hydrogen-bond donors (Lipinski definition) is 1. The lowest BCUT2D eigenvalue weighted by Crippen LogP contribution is -2.40. The maximum atomic E-state index is 12.8. The highest BCUT2D eigenvalue weighted by molar-refractivity contribution is 7.89. The molecule has 1 aromatic carbocycles. The van der Waals surface area contributed by atoms with E-state index in [1.807, 2.05) is 7.05 Å². The Labute approximate surface area is 149 Å². The number of carbonyl (C=O) groups is 1. The number of anilines is 1. The van der Waals surface area contributed by atoms with Gasteiger partial charge in [0.2, 0.25) is 15.9 Å². The number of nitrogens with one attached hydrogen (secondary N) is 1. The maximum absolute atomic E-state index is 12.8. The van der Waals surface area contributed by atoms with Crippen molar-refractivity contribution >= 4 is 34.0 Å². The summed E-state index contributed by atoms with van der Waals surface area (Å²) >= 11 is 0. The maximum Gasteiger partial charge on any atom is 0.243 e. The Hall–Kier alpha value is -1.15. The molecule has 2 heterocycles. The molecule has 2 saturated heterocycles. The van der Waals surface area contributed by atoms with E-state index in [0.717, 1.165) is 24.9 Å². The minimum atomic E-state index is -3.47. The van der Waals surface area contributed by atoms with Gasteiger partial charge in [-0.2, -0.15) is 4.31 Å². The van der Waals surface area contributed by atoms with Crippen molar-refractivity contribution in [1.29, 1.82) is 0 Å². The Kier molecular flexibility index (Phi) is 6.25. The summed E-state index contributed by atoms with van der Waals surface area (Å²) in [6.07, 6.45) is 3.21. The molecule has 1 amide bonds. The van der Waals surface area contributed by atoms with E-state index in [9.17, 15) is 13.2 Å². The van der Waals surface area contributed by atoms with E-state index in [4.69, 9.17) is 0 Å². The van der Waals surface area contributed by atoms with Crippen LogP contribution in [0.1, 0.15) is 25.7 Å². The monoisotopic (exact) mass is 373 g/mol. The van der Waals surface area contributed by atoms with Gasteiger partial charge in [0.25, 0.3) is 0 Å². The van der Waals surface area contributed by atoms with Gasteiger partial charge in [0.15, 0.2) is 0 Å². The molecular weight excluding hydrogens is 350 g/mol. The highest BCUT2D eigenvalue weighted by Crippen LogP contribution is 2.28. The molecule has 0 radical (unpaired) electrons. The zero-order valence-corrected chi connectivity index (χ0v) is 15.4. The average Bonchev–Trinajstić information content (AvgIpc) is 3.17. The number of hydrogen-bond acceptors (Lipinski definition) is 4. The standard InChI is InChI=1S/C16H23N3O3S.ClH/c1-17-12-14-4-2-11-19(14)23(21,22)15-8-6-13(7-9-15)18-10-3-5-16(18)20;/h6-9,14,17H,2-5,10-12H2,1H3;1H. The van der Waals surface area contributed by atoms with Crippen LogP contribution in [-0.2, 0) is 14.8 Å². The van der Waals surface area contributed by atoms with E-state index in [-0.39, 0.29) is 24.4 Å². The molecule has 1 N–H and O–H groups in total. The van der Waals surface area contributed by atoms with Crippen molar-refractivity contribution in [1.82, 2.24) is 9.62 Å². The quantitative estimate of drug-likeness (QED) is 0.851. The summed E-state index contributed by atoms with van der Waals surface area (Å²) in [5.41, 5.74) is 0.777. The second kappa shape index (κ2) is 7.82. The predicted molar refractivity (Wildman–Crippen MR) is 96.1 cm³/mol. The smallest absolute Gasteiger partial charge is 0.243 e. The summed E-state index contributed by atoms with van der Waals surface area (Å²) in [4.78, 5) is 13.8. The first kappa shape index (κ1) is 19.2. The van der Waals surface area contributed by atoms with E-state index in [0.29, 0.717) is 31.0 Å². The summed E-state index contributed by atoms with van der Waals surface area (Å²) in [7, 11) is -1.64. The highest BCUT2D eigenvalue weighted by Gasteiger charge is 2.34. The van der Waals surface area contributed by atoms with Gasteiger partial charge in [-0.1, -0.05) is 0 Å². The number of nitrogens with zero attached hydrogens (tertiary/aromatic N) is 2. The molecule has 2 aliphatic rings. The van der Waals surface area contributed by atoms with Gasteiger partial charge in [-0.3, -0.25) is 4.79 Å². The minimum Gasteiger partial charge on any atom is -0.318 e. The Morgan fingerprint density at radius 2 is 1.88 bits per heavy atom. The average molecular weight is 374 g/mol. The molecule has 2 aliphatic heterocycles. The van der Waals surface area contributed by atoms with Crippen LogP contribution in [0, 0.1) is 0 Å². The normalized spacial score (nSPS) is 22.0. The fourth-order valence-electron chi connectivity index (χ4n) is 3.42. The minimum absolute atomic E-state index is 0. The lowest BCUT2D eigenvalue weighted by Gasteiger charge is -2.24. The van der Waals surface area contributed by atoms with Gasteiger partial charge in [0.05, 0.1) is 4.90 Å². The number of likely N-dealkylation sites (N-methyl/N-ethyl adjacent to an activating group) is 1. The topological polar surface area (TPSA) is 69.7 Å². The van der Waals surface area contributed by atoms with Crippen molar-refractivity contribution in [2.24, 2.45) is 0 Å². The Morgan fingerprint density at radius 3 is 2.46 bits per heavy atom. The first-order valence-corrected chi connectivity index (χ1v) is 9.55. The van der Waals surface area contributed by atoms with E-state index in [1.54, 1.807) is 33.5 Å². The number of sulfonamides is 1. The van der Waals surface area contributed by atoms with Crippen molar-refractivity contribution in [3.63, 3.8) is 0 Å². The van der Waals surface area contributed by atoms with E-state index < -0.39 is 10.0 Å². The van der Waals surface area contributed by atoms with Crippen LogP contribution in [0.5, 0.6) is 0 Å². The largest absolute Gasteiger partial charge is 0.318 e. The van der Waals surface area contributed by atoms with Crippen LogP contribution in [0.25, 0.3) is 0 Å². The van der Waals surface area contributed by atoms with Crippen LogP contribution in [-0.4, -0.2) is 51.4 Å². The molecule has 24 heavy (non-hydrogen) atoms. The van der Waals surface area contributed by atoms with Crippen molar-refractivity contribution in [3.05, 3.63) is 24.3 Å². The molecule has 3 rings (SSSR count). The van der Waals surface area contributed by atoms with Gasteiger partial charge in [0, 0.05) is 37.8 Å². The van der Waals surface area contributed by atoms with Gasteiger partial charge in [-0.25, -0.2) is 8.42 Å². The van der Waals surface area contributed by atoms with Gasteiger partial charge in [0.1, 0.15) is 0 Å². The molecule has 0 bridgehead atoms. The third-order valence-corrected chi connectivity index (χ3v) is 6.56. The van der Waals surface area contributed by atoms with E-state index >= 15 is 0 Å². The molecule has 0 aromatic heterocycles. The summed E-state index contributed by atoms with van der Waals surface area (Å²) in [6.45, 7) is 1.95. The molecule has 6 nitrogen and oxygen atoms in total. The highest BCUT2D eigenvalue weighted by atomic mass is 35.5. The van der Waals surface area contributed by atoms with Crippen molar-refractivity contribution in [3.8, 4) is 0 Å². The van der Waals surface area contributed by atoms with Crippen LogP contribution < -0.4 is 10.2 Å². The van der Waals surface area contributed by atoms with Gasteiger partial charge < -0.3 is 10.2 Å². The second-order valence-electron chi connectivity index (χ2n) is 6.11. The predicted octanol–water partition coefficient (Wildman–Crippen LogP) is 1.61. The van der Waals surface area contributed by atoms with Crippen LogP contribution in [0.15, 0.2) is 29.2 Å². The molecule has 1 atom stereocenters. The molecule has 0 saturated carbocycles. The number of rotatable bonds is 5. The second-order valence-corrected chi connectivity index (χ2v) is 8.00. The number of halogens is 1. The van der Waals surface area contributed by atoms with E-state index in [2.05, 4.69) is 5.32 Å². The Balaban J connectivity index is 0.00000208. The molecule has 1 unspecified atom stereocenters.